The Hall–Kier alpha value is -1.30. The second-order valence-corrected chi connectivity index (χ2v) is 5.75. The Bertz CT molecular complexity index is 361. The highest BCUT2D eigenvalue weighted by Gasteiger charge is 2.35. The van der Waals surface area contributed by atoms with Gasteiger partial charge < -0.3 is 20.0 Å². The fourth-order valence-corrected chi connectivity index (χ4v) is 3.29. The molecular formula is C14H24N2O4. The van der Waals surface area contributed by atoms with Crippen LogP contribution in [0, 0.1) is 0 Å². The van der Waals surface area contributed by atoms with Crippen molar-refractivity contribution in [2.45, 2.75) is 57.0 Å². The molecule has 0 bridgehead atoms. The van der Waals surface area contributed by atoms with Crippen molar-refractivity contribution >= 4 is 12.0 Å². The van der Waals surface area contributed by atoms with E-state index in [0.717, 1.165) is 38.5 Å². The number of carbonyl (C=O) groups is 2. The molecule has 0 aromatic carbocycles. The van der Waals surface area contributed by atoms with Crippen LogP contribution in [0.5, 0.6) is 0 Å². The molecule has 6 heteroatoms. The van der Waals surface area contributed by atoms with Crippen LogP contribution in [0.25, 0.3) is 0 Å². The quantitative estimate of drug-likeness (QED) is 0.818. The Balaban J connectivity index is 2.05. The maximum absolute atomic E-state index is 12.7. The summed E-state index contributed by atoms with van der Waals surface area (Å²) in [5, 5.41) is 18.4. The molecule has 114 valence electrons. The average Bonchev–Trinajstić information content (AvgIpc) is 2.73. The zero-order valence-electron chi connectivity index (χ0n) is 11.8. The van der Waals surface area contributed by atoms with Crippen molar-refractivity contribution in [3.05, 3.63) is 0 Å². The number of carboxylic acid groups (broad SMARTS) is 1. The van der Waals surface area contributed by atoms with Crippen molar-refractivity contribution in [2.24, 2.45) is 0 Å². The molecule has 2 amide bonds. The Morgan fingerprint density at radius 1 is 0.950 bits per heavy atom. The van der Waals surface area contributed by atoms with Gasteiger partial charge in [0, 0.05) is 19.1 Å². The molecule has 2 rings (SSSR count). The minimum absolute atomic E-state index is 0.0107. The molecule has 2 aliphatic heterocycles. The number of carboxylic acids is 1. The molecule has 2 heterocycles. The van der Waals surface area contributed by atoms with Gasteiger partial charge in [0.2, 0.25) is 0 Å². The van der Waals surface area contributed by atoms with Crippen LogP contribution in [0.3, 0.4) is 0 Å². The molecule has 2 saturated heterocycles. The Morgan fingerprint density at radius 3 is 2.30 bits per heavy atom. The van der Waals surface area contributed by atoms with Crippen LogP contribution in [-0.4, -0.2) is 63.8 Å². The number of urea groups is 1. The highest BCUT2D eigenvalue weighted by Crippen LogP contribution is 2.25. The number of rotatable bonds is 3. The Labute approximate surface area is 119 Å². The topological polar surface area (TPSA) is 81.1 Å². The van der Waals surface area contributed by atoms with Gasteiger partial charge in [-0.1, -0.05) is 12.8 Å². The summed E-state index contributed by atoms with van der Waals surface area (Å²) in [6, 6.07) is -0.395. The van der Waals surface area contributed by atoms with Crippen molar-refractivity contribution in [3.63, 3.8) is 0 Å². The molecule has 20 heavy (non-hydrogen) atoms. The number of nitrogens with zero attached hydrogens (tertiary/aromatic N) is 2. The molecular weight excluding hydrogens is 260 g/mol. The van der Waals surface area contributed by atoms with Gasteiger partial charge in [0.15, 0.2) is 0 Å². The van der Waals surface area contributed by atoms with E-state index in [2.05, 4.69) is 0 Å². The van der Waals surface area contributed by atoms with Crippen LogP contribution in [-0.2, 0) is 4.79 Å². The van der Waals surface area contributed by atoms with Crippen LogP contribution in [0.2, 0.25) is 0 Å². The minimum Gasteiger partial charge on any atom is -0.481 e. The zero-order chi connectivity index (χ0) is 14.5. The van der Waals surface area contributed by atoms with Gasteiger partial charge in [-0.2, -0.15) is 0 Å². The normalized spacial score (nSPS) is 27.4. The molecule has 2 unspecified atom stereocenters. The molecule has 0 radical (unpaired) electrons. The number of amides is 2. The predicted molar refractivity (Wildman–Crippen MR) is 73.4 cm³/mol. The lowest BCUT2D eigenvalue weighted by molar-refractivity contribution is -0.138. The van der Waals surface area contributed by atoms with Crippen molar-refractivity contribution < 1.29 is 19.8 Å². The van der Waals surface area contributed by atoms with E-state index in [1.807, 2.05) is 0 Å². The van der Waals surface area contributed by atoms with Gasteiger partial charge in [-0.15, -0.1) is 0 Å². The molecule has 2 N–H and O–H groups in total. The summed E-state index contributed by atoms with van der Waals surface area (Å²) in [7, 11) is 0. The first-order valence-electron chi connectivity index (χ1n) is 7.53. The number of hydrogen-bond donors (Lipinski definition) is 2. The number of aliphatic hydroxyl groups excluding tert-OH is 1. The van der Waals surface area contributed by atoms with Gasteiger partial charge >= 0.3 is 12.0 Å². The second kappa shape index (κ2) is 6.92. The van der Waals surface area contributed by atoms with Crippen LogP contribution < -0.4 is 0 Å². The SMILES string of the molecule is O=C(O)CC1CCCN1C(=O)N1CCCCCC1CO. The monoisotopic (exact) mass is 284 g/mol. The van der Waals surface area contributed by atoms with E-state index in [1.54, 1.807) is 9.80 Å². The number of aliphatic carboxylic acids is 1. The molecule has 0 aromatic rings. The van der Waals surface area contributed by atoms with Gasteiger partial charge in [0.05, 0.1) is 19.1 Å². The molecule has 0 aliphatic carbocycles. The first-order chi connectivity index (χ1) is 9.63. The molecule has 0 saturated carbocycles. The smallest absolute Gasteiger partial charge is 0.320 e. The number of aliphatic hydroxyl groups is 1. The van der Waals surface area contributed by atoms with Gasteiger partial charge in [0.25, 0.3) is 0 Å². The van der Waals surface area contributed by atoms with E-state index in [-0.39, 0.29) is 31.1 Å². The molecule has 6 nitrogen and oxygen atoms in total. The predicted octanol–water partition coefficient (Wildman–Crippen LogP) is 1.28. The fraction of sp³-hybridized carbons (Fsp3) is 0.857. The number of carbonyl (C=O) groups excluding carboxylic acids is 1. The van der Waals surface area contributed by atoms with Gasteiger partial charge in [-0.25, -0.2) is 4.79 Å². The first kappa shape index (κ1) is 15.1. The maximum Gasteiger partial charge on any atom is 0.320 e. The lowest BCUT2D eigenvalue weighted by Crippen LogP contribution is -2.51. The summed E-state index contributed by atoms with van der Waals surface area (Å²) < 4.78 is 0. The van der Waals surface area contributed by atoms with Crippen molar-refractivity contribution in [1.29, 1.82) is 0 Å². The minimum atomic E-state index is -0.857. The molecule has 2 fully saturated rings. The Morgan fingerprint density at radius 2 is 1.60 bits per heavy atom. The largest absolute Gasteiger partial charge is 0.481 e. The lowest BCUT2D eigenvalue weighted by atomic mass is 10.1. The van der Waals surface area contributed by atoms with Gasteiger partial charge in [0.1, 0.15) is 0 Å². The van der Waals surface area contributed by atoms with Gasteiger partial charge in [-0.3, -0.25) is 4.79 Å². The van der Waals surface area contributed by atoms with Crippen LogP contribution in [0.4, 0.5) is 4.79 Å². The van der Waals surface area contributed by atoms with Crippen molar-refractivity contribution in [1.82, 2.24) is 9.80 Å². The van der Waals surface area contributed by atoms with E-state index in [9.17, 15) is 14.7 Å². The third-order valence-electron chi connectivity index (χ3n) is 4.37. The van der Waals surface area contributed by atoms with E-state index < -0.39 is 5.97 Å². The van der Waals surface area contributed by atoms with E-state index in [0.29, 0.717) is 13.1 Å². The van der Waals surface area contributed by atoms with Crippen LogP contribution in [0.15, 0.2) is 0 Å². The zero-order valence-corrected chi connectivity index (χ0v) is 11.8. The summed E-state index contributed by atoms with van der Waals surface area (Å²) in [6.45, 7) is 1.29. The number of likely N-dealkylation sites (tertiary alicyclic amines) is 2. The highest BCUT2D eigenvalue weighted by molar-refractivity contribution is 5.77. The second-order valence-electron chi connectivity index (χ2n) is 5.75. The van der Waals surface area contributed by atoms with Crippen LogP contribution >= 0.6 is 0 Å². The molecule has 0 spiro atoms. The summed E-state index contributed by atoms with van der Waals surface area (Å²) in [6.07, 6.45) is 5.55. The lowest BCUT2D eigenvalue weighted by Gasteiger charge is -2.35. The fourth-order valence-electron chi connectivity index (χ4n) is 3.29. The van der Waals surface area contributed by atoms with Gasteiger partial charge in [-0.05, 0) is 25.7 Å². The summed E-state index contributed by atoms with van der Waals surface area (Å²) in [5.74, 6) is -0.857. The standard InChI is InChI=1S/C14H24N2O4/c17-10-12-5-2-1-3-7-16(12)14(20)15-8-4-6-11(15)9-13(18)19/h11-12,17H,1-10H2,(H,18,19). The summed E-state index contributed by atoms with van der Waals surface area (Å²) in [5.41, 5.74) is 0. The maximum atomic E-state index is 12.7. The van der Waals surface area contributed by atoms with Crippen LogP contribution in [0.1, 0.15) is 44.9 Å². The Kier molecular flexibility index (Phi) is 5.23. The third kappa shape index (κ3) is 3.42. The summed E-state index contributed by atoms with van der Waals surface area (Å²) in [4.78, 5) is 27.0. The van der Waals surface area contributed by atoms with E-state index >= 15 is 0 Å². The summed E-state index contributed by atoms with van der Waals surface area (Å²) >= 11 is 0. The molecule has 0 aromatic heterocycles. The van der Waals surface area contributed by atoms with Crippen molar-refractivity contribution in [3.8, 4) is 0 Å². The first-order valence-corrected chi connectivity index (χ1v) is 7.53. The average molecular weight is 284 g/mol. The van der Waals surface area contributed by atoms with E-state index in [1.165, 1.54) is 0 Å². The van der Waals surface area contributed by atoms with Crippen molar-refractivity contribution in [2.75, 3.05) is 19.7 Å². The van der Waals surface area contributed by atoms with E-state index in [4.69, 9.17) is 5.11 Å². The number of hydrogen-bond acceptors (Lipinski definition) is 3. The molecule has 2 aliphatic rings. The highest BCUT2D eigenvalue weighted by atomic mass is 16.4. The molecule has 2 atom stereocenters. The third-order valence-corrected chi connectivity index (χ3v) is 4.37.